The van der Waals surface area contributed by atoms with Crippen LogP contribution in [0.3, 0.4) is 0 Å². The summed E-state index contributed by atoms with van der Waals surface area (Å²) in [6.45, 7) is 8.67. The maximum absolute atomic E-state index is 7.34. The number of amidine groups is 1. The Labute approximate surface area is 79.8 Å². The monoisotopic (exact) mass is 188 g/mol. The van der Waals surface area contributed by atoms with Crippen LogP contribution < -0.4 is 5.73 Å². The summed E-state index contributed by atoms with van der Waals surface area (Å²) in [5.74, 6) is 0.971. The van der Waals surface area contributed by atoms with Crippen LogP contribution in [0.4, 0.5) is 0 Å². The SMILES string of the molecule is CCC(SC(C)C(C)C)C(=N)N. The van der Waals surface area contributed by atoms with Crippen molar-refractivity contribution < 1.29 is 0 Å². The van der Waals surface area contributed by atoms with Crippen molar-refractivity contribution >= 4 is 17.6 Å². The highest BCUT2D eigenvalue weighted by molar-refractivity contribution is 8.01. The second-order valence-electron chi connectivity index (χ2n) is 3.44. The van der Waals surface area contributed by atoms with Gasteiger partial charge in [-0.3, -0.25) is 5.41 Å². The Bertz CT molecular complexity index is 145. The smallest absolute Gasteiger partial charge is 0.104 e. The fraction of sp³-hybridized carbons (Fsp3) is 0.889. The molecule has 2 unspecified atom stereocenters. The predicted molar refractivity (Wildman–Crippen MR) is 57.9 cm³/mol. The minimum Gasteiger partial charge on any atom is -0.387 e. The molecular weight excluding hydrogens is 168 g/mol. The van der Waals surface area contributed by atoms with Gasteiger partial charge < -0.3 is 5.73 Å². The van der Waals surface area contributed by atoms with Gasteiger partial charge in [-0.25, -0.2) is 0 Å². The summed E-state index contributed by atoms with van der Waals surface area (Å²) in [6.07, 6.45) is 0.955. The van der Waals surface area contributed by atoms with Gasteiger partial charge in [0.2, 0.25) is 0 Å². The van der Waals surface area contributed by atoms with Gasteiger partial charge >= 0.3 is 0 Å². The molecule has 0 radical (unpaired) electrons. The first kappa shape index (κ1) is 11.8. The lowest BCUT2D eigenvalue weighted by molar-refractivity contribution is 0.640. The standard InChI is InChI=1S/C9H20N2S/c1-5-8(9(10)11)12-7(4)6(2)3/h6-8H,5H2,1-4H3,(H3,10,11). The maximum Gasteiger partial charge on any atom is 0.104 e. The van der Waals surface area contributed by atoms with E-state index in [4.69, 9.17) is 11.1 Å². The van der Waals surface area contributed by atoms with E-state index < -0.39 is 0 Å². The van der Waals surface area contributed by atoms with Crippen LogP contribution in [0, 0.1) is 11.3 Å². The van der Waals surface area contributed by atoms with Crippen molar-refractivity contribution in [2.24, 2.45) is 11.7 Å². The average molecular weight is 188 g/mol. The van der Waals surface area contributed by atoms with E-state index in [0.29, 0.717) is 17.0 Å². The summed E-state index contributed by atoms with van der Waals surface area (Å²) < 4.78 is 0. The van der Waals surface area contributed by atoms with Crippen LogP contribution in [0.15, 0.2) is 0 Å². The Morgan fingerprint density at radius 3 is 2.17 bits per heavy atom. The first-order valence-electron chi connectivity index (χ1n) is 4.48. The quantitative estimate of drug-likeness (QED) is 0.514. The molecule has 12 heavy (non-hydrogen) atoms. The van der Waals surface area contributed by atoms with E-state index >= 15 is 0 Å². The van der Waals surface area contributed by atoms with Gasteiger partial charge in [0.1, 0.15) is 5.84 Å². The zero-order valence-electron chi connectivity index (χ0n) is 8.42. The van der Waals surface area contributed by atoms with E-state index in [1.165, 1.54) is 0 Å². The van der Waals surface area contributed by atoms with Crippen molar-refractivity contribution in [3.8, 4) is 0 Å². The number of rotatable bonds is 5. The lowest BCUT2D eigenvalue weighted by Crippen LogP contribution is -2.27. The molecule has 3 N–H and O–H groups in total. The van der Waals surface area contributed by atoms with Gasteiger partial charge in [-0.2, -0.15) is 0 Å². The van der Waals surface area contributed by atoms with Crippen molar-refractivity contribution in [1.82, 2.24) is 0 Å². The minimum absolute atomic E-state index is 0.211. The van der Waals surface area contributed by atoms with Gasteiger partial charge in [0.05, 0.1) is 5.25 Å². The van der Waals surface area contributed by atoms with Crippen LogP contribution >= 0.6 is 11.8 Å². The zero-order valence-corrected chi connectivity index (χ0v) is 9.24. The van der Waals surface area contributed by atoms with Crippen LogP contribution in [0.25, 0.3) is 0 Å². The molecule has 72 valence electrons. The second-order valence-corrected chi connectivity index (χ2v) is 5.02. The predicted octanol–water partition coefficient (Wildman–Crippen LogP) is 2.48. The number of nitrogens with one attached hydrogen (secondary N) is 1. The van der Waals surface area contributed by atoms with Crippen LogP contribution in [0.1, 0.15) is 34.1 Å². The number of nitrogens with two attached hydrogens (primary N) is 1. The summed E-state index contributed by atoms with van der Waals surface area (Å²) in [5, 5.41) is 8.14. The highest BCUT2D eigenvalue weighted by Crippen LogP contribution is 2.25. The van der Waals surface area contributed by atoms with Gasteiger partial charge in [0, 0.05) is 5.25 Å². The van der Waals surface area contributed by atoms with Crippen molar-refractivity contribution in [2.45, 2.75) is 44.6 Å². The summed E-state index contributed by atoms with van der Waals surface area (Å²) in [5.41, 5.74) is 5.46. The highest BCUT2D eigenvalue weighted by Gasteiger charge is 2.16. The third-order valence-electron chi connectivity index (χ3n) is 2.04. The molecule has 0 spiro atoms. The summed E-state index contributed by atoms with van der Waals surface area (Å²) in [4.78, 5) is 0. The van der Waals surface area contributed by atoms with Gasteiger partial charge in [0.25, 0.3) is 0 Å². The van der Waals surface area contributed by atoms with Crippen LogP contribution in [0.5, 0.6) is 0 Å². The Balaban J connectivity index is 3.94. The molecule has 0 aliphatic rings. The van der Waals surface area contributed by atoms with Gasteiger partial charge in [0.15, 0.2) is 0 Å². The Kier molecular flexibility index (Phi) is 5.38. The van der Waals surface area contributed by atoms with Gasteiger partial charge in [-0.05, 0) is 12.3 Å². The molecule has 3 heteroatoms. The van der Waals surface area contributed by atoms with Crippen molar-refractivity contribution in [3.05, 3.63) is 0 Å². The van der Waals surface area contributed by atoms with Crippen LogP contribution in [0.2, 0.25) is 0 Å². The first-order chi connectivity index (χ1) is 5.49. The third kappa shape index (κ3) is 4.00. The first-order valence-corrected chi connectivity index (χ1v) is 5.42. The van der Waals surface area contributed by atoms with E-state index in [0.717, 1.165) is 6.42 Å². The van der Waals surface area contributed by atoms with E-state index in [1.54, 1.807) is 0 Å². The lowest BCUT2D eigenvalue weighted by atomic mass is 10.2. The molecule has 0 rings (SSSR count). The molecular formula is C9H20N2S. The largest absolute Gasteiger partial charge is 0.387 e. The molecule has 0 aliphatic carbocycles. The van der Waals surface area contributed by atoms with Gasteiger partial charge in [-0.15, -0.1) is 11.8 Å². The van der Waals surface area contributed by atoms with Crippen molar-refractivity contribution in [2.75, 3.05) is 0 Å². The molecule has 2 atom stereocenters. The molecule has 0 aromatic carbocycles. The van der Waals surface area contributed by atoms with E-state index in [9.17, 15) is 0 Å². The zero-order chi connectivity index (χ0) is 9.72. The van der Waals surface area contributed by atoms with Crippen molar-refractivity contribution in [3.63, 3.8) is 0 Å². The van der Waals surface area contributed by atoms with Crippen LogP contribution in [-0.4, -0.2) is 16.3 Å². The molecule has 0 fully saturated rings. The Hall–Kier alpha value is -0.180. The maximum atomic E-state index is 7.34. The van der Waals surface area contributed by atoms with E-state index in [1.807, 2.05) is 11.8 Å². The molecule has 0 saturated heterocycles. The molecule has 0 aromatic rings. The Morgan fingerprint density at radius 2 is 1.92 bits per heavy atom. The number of hydrogen-bond donors (Lipinski definition) is 2. The average Bonchev–Trinajstić information content (AvgIpc) is 1.98. The van der Waals surface area contributed by atoms with Crippen LogP contribution in [-0.2, 0) is 0 Å². The summed E-state index contributed by atoms with van der Waals surface area (Å²) in [7, 11) is 0. The van der Waals surface area contributed by atoms with Gasteiger partial charge in [-0.1, -0.05) is 27.7 Å². The summed E-state index contributed by atoms with van der Waals surface area (Å²) >= 11 is 1.81. The molecule has 0 aromatic heterocycles. The number of thioether (sulfide) groups is 1. The molecule has 2 nitrogen and oxygen atoms in total. The van der Waals surface area contributed by atoms with Crippen molar-refractivity contribution in [1.29, 1.82) is 5.41 Å². The third-order valence-corrected chi connectivity index (χ3v) is 3.92. The molecule has 0 bridgehead atoms. The molecule has 0 heterocycles. The number of hydrogen-bond acceptors (Lipinski definition) is 2. The van der Waals surface area contributed by atoms with E-state index in [2.05, 4.69) is 27.7 Å². The topological polar surface area (TPSA) is 49.9 Å². The lowest BCUT2D eigenvalue weighted by Gasteiger charge is -2.20. The van der Waals surface area contributed by atoms with E-state index in [-0.39, 0.29) is 5.25 Å². The highest BCUT2D eigenvalue weighted by atomic mass is 32.2. The fourth-order valence-electron chi connectivity index (χ4n) is 0.806. The minimum atomic E-state index is 0.211. The molecule has 0 aliphatic heterocycles. The molecule has 0 amide bonds. The Morgan fingerprint density at radius 1 is 1.42 bits per heavy atom. The fourth-order valence-corrected chi connectivity index (χ4v) is 1.98. The summed E-state index contributed by atoms with van der Waals surface area (Å²) in [6, 6.07) is 0. The molecule has 0 saturated carbocycles. The second kappa shape index (κ2) is 5.46. The normalized spacial score (nSPS) is 16.1.